The van der Waals surface area contributed by atoms with Crippen LogP contribution in [0.15, 0.2) is 0 Å². The first-order chi connectivity index (χ1) is 8.06. The molecule has 3 heteroatoms. The molecule has 1 saturated carbocycles. The predicted octanol–water partition coefficient (Wildman–Crippen LogP) is 2.84. The van der Waals surface area contributed by atoms with Gasteiger partial charge in [0.05, 0.1) is 0 Å². The summed E-state index contributed by atoms with van der Waals surface area (Å²) in [7, 11) is 2.28. The van der Waals surface area contributed by atoms with E-state index in [0.29, 0.717) is 12.1 Å². The van der Waals surface area contributed by atoms with E-state index < -0.39 is 0 Å². The molecule has 0 spiro atoms. The Kier molecular flexibility index (Phi) is 6.90. The molecule has 3 unspecified atom stereocenters. The highest BCUT2D eigenvalue weighted by atomic mass is 32.2. The Labute approximate surface area is 112 Å². The van der Waals surface area contributed by atoms with Crippen LogP contribution >= 0.6 is 11.8 Å². The van der Waals surface area contributed by atoms with Crippen LogP contribution in [0.25, 0.3) is 0 Å². The third-order valence-corrected chi connectivity index (χ3v) is 4.85. The van der Waals surface area contributed by atoms with Crippen LogP contribution in [0, 0.1) is 5.92 Å². The molecular weight excluding hydrogens is 228 g/mol. The highest BCUT2D eigenvalue weighted by Gasteiger charge is 2.24. The van der Waals surface area contributed by atoms with Gasteiger partial charge >= 0.3 is 0 Å². The third kappa shape index (κ3) is 5.62. The van der Waals surface area contributed by atoms with Crippen LogP contribution in [0.3, 0.4) is 0 Å². The van der Waals surface area contributed by atoms with Gasteiger partial charge in [0.15, 0.2) is 0 Å². The standard InChI is InChI=1S/C14H30N2S/c1-11(10-15-14-6-7-14)13(3)16(4)12(2)8-9-17-5/h11-15H,6-10H2,1-5H3. The molecule has 0 aromatic heterocycles. The van der Waals surface area contributed by atoms with E-state index in [4.69, 9.17) is 0 Å². The topological polar surface area (TPSA) is 15.3 Å². The Morgan fingerprint density at radius 2 is 1.94 bits per heavy atom. The predicted molar refractivity (Wildman–Crippen MR) is 79.9 cm³/mol. The molecule has 3 atom stereocenters. The van der Waals surface area contributed by atoms with Crippen LogP contribution in [0.1, 0.15) is 40.0 Å². The second-order valence-electron chi connectivity index (χ2n) is 5.70. The van der Waals surface area contributed by atoms with Crippen LogP contribution in [0.2, 0.25) is 0 Å². The number of thioether (sulfide) groups is 1. The summed E-state index contributed by atoms with van der Waals surface area (Å²) in [6, 6.07) is 2.20. The molecule has 0 aliphatic heterocycles. The fourth-order valence-corrected chi connectivity index (χ4v) is 2.68. The van der Waals surface area contributed by atoms with Crippen molar-refractivity contribution >= 4 is 11.8 Å². The smallest absolute Gasteiger partial charge is 0.0104 e. The number of rotatable bonds is 9. The van der Waals surface area contributed by atoms with Gasteiger partial charge in [-0.15, -0.1) is 0 Å². The molecule has 0 aromatic carbocycles. The molecule has 0 radical (unpaired) electrons. The van der Waals surface area contributed by atoms with E-state index in [1.807, 2.05) is 11.8 Å². The van der Waals surface area contributed by atoms with Crippen molar-refractivity contribution in [2.24, 2.45) is 5.92 Å². The third-order valence-electron chi connectivity index (χ3n) is 4.21. The first-order valence-electron chi connectivity index (χ1n) is 7.00. The van der Waals surface area contributed by atoms with Crippen molar-refractivity contribution in [3.8, 4) is 0 Å². The molecule has 17 heavy (non-hydrogen) atoms. The second-order valence-corrected chi connectivity index (χ2v) is 6.68. The summed E-state index contributed by atoms with van der Waals surface area (Å²) >= 11 is 1.95. The van der Waals surface area contributed by atoms with Crippen LogP contribution in [-0.4, -0.2) is 48.6 Å². The van der Waals surface area contributed by atoms with E-state index in [1.165, 1.54) is 31.6 Å². The highest BCUT2D eigenvalue weighted by molar-refractivity contribution is 7.98. The van der Waals surface area contributed by atoms with Gasteiger partial charge in [0.25, 0.3) is 0 Å². The van der Waals surface area contributed by atoms with Crippen LogP contribution in [0.4, 0.5) is 0 Å². The lowest BCUT2D eigenvalue weighted by Crippen LogP contribution is -2.43. The highest BCUT2D eigenvalue weighted by Crippen LogP contribution is 2.20. The Morgan fingerprint density at radius 3 is 2.47 bits per heavy atom. The van der Waals surface area contributed by atoms with Crippen molar-refractivity contribution in [2.45, 2.75) is 58.2 Å². The summed E-state index contributed by atoms with van der Waals surface area (Å²) in [6.45, 7) is 8.27. The molecule has 0 aromatic rings. The van der Waals surface area contributed by atoms with Gasteiger partial charge in [-0.3, -0.25) is 0 Å². The number of hydrogen-bond donors (Lipinski definition) is 1. The maximum absolute atomic E-state index is 3.64. The van der Waals surface area contributed by atoms with Gasteiger partial charge in [-0.05, 0) is 64.6 Å². The molecule has 2 nitrogen and oxygen atoms in total. The molecule has 102 valence electrons. The summed E-state index contributed by atoms with van der Waals surface area (Å²) in [5, 5.41) is 3.64. The van der Waals surface area contributed by atoms with Crippen molar-refractivity contribution < 1.29 is 0 Å². The minimum absolute atomic E-state index is 0.665. The van der Waals surface area contributed by atoms with Crippen LogP contribution in [0.5, 0.6) is 0 Å². The van der Waals surface area contributed by atoms with Crippen molar-refractivity contribution in [2.75, 3.05) is 25.6 Å². The second kappa shape index (κ2) is 7.65. The van der Waals surface area contributed by atoms with Crippen LogP contribution < -0.4 is 5.32 Å². The average Bonchev–Trinajstić information content (AvgIpc) is 3.14. The SMILES string of the molecule is CSCCC(C)N(C)C(C)C(C)CNC1CC1. The molecule has 1 aliphatic rings. The van der Waals surface area contributed by atoms with Crippen molar-refractivity contribution in [3.05, 3.63) is 0 Å². The zero-order chi connectivity index (χ0) is 12.8. The monoisotopic (exact) mass is 258 g/mol. The normalized spacial score (nSPS) is 21.5. The summed E-state index contributed by atoms with van der Waals surface area (Å²) in [4.78, 5) is 2.55. The number of nitrogens with one attached hydrogen (secondary N) is 1. The average molecular weight is 258 g/mol. The Balaban J connectivity index is 2.24. The molecular formula is C14H30N2S. The minimum Gasteiger partial charge on any atom is -0.314 e. The molecule has 1 fully saturated rings. The number of hydrogen-bond acceptors (Lipinski definition) is 3. The van der Waals surface area contributed by atoms with E-state index in [-0.39, 0.29) is 0 Å². The molecule has 1 aliphatic carbocycles. The van der Waals surface area contributed by atoms with Gasteiger partial charge in [0, 0.05) is 18.1 Å². The summed E-state index contributed by atoms with van der Waals surface area (Å²) < 4.78 is 0. The maximum atomic E-state index is 3.64. The quantitative estimate of drug-likeness (QED) is 0.684. The summed E-state index contributed by atoms with van der Waals surface area (Å²) in [5.41, 5.74) is 0. The van der Waals surface area contributed by atoms with E-state index in [0.717, 1.165) is 12.0 Å². The van der Waals surface area contributed by atoms with Gasteiger partial charge in [-0.25, -0.2) is 0 Å². The van der Waals surface area contributed by atoms with Gasteiger partial charge in [-0.2, -0.15) is 11.8 Å². The van der Waals surface area contributed by atoms with E-state index in [1.54, 1.807) is 0 Å². The number of nitrogens with zero attached hydrogens (tertiary/aromatic N) is 1. The Morgan fingerprint density at radius 1 is 1.29 bits per heavy atom. The van der Waals surface area contributed by atoms with Crippen molar-refractivity contribution in [1.82, 2.24) is 10.2 Å². The van der Waals surface area contributed by atoms with E-state index in [9.17, 15) is 0 Å². The zero-order valence-electron chi connectivity index (χ0n) is 12.2. The zero-order valence-corrected chi connectivity index (χ0v) is 13.0. The molecule has 1 rings (SSSR count). The largest absolute Gasteiger partial charge is 0.314 e. The van der Waals surface area contributed by atoms with Gasteiger partial charge in [0.2, 0.25) is 0 Å². The van der Waals surface area contributed by atoms with Crippen molar-refractivity contribution in [1.29, 1.82) is 0 Å². The first kappa shape index (κ1) is 15.3. The fraction of sp³-hybridized carbons (Fsp3) is 1.00. The van der Waals surface area contributed by atoms with Gasteiger partial charge in [0.1, 0.15) is 0 Å². The molecule has 0 heterocycles. The Hall–Kier alpha value is 0.270. The molecule has 0 amide bonds. The van der Waals surface area contributed by atoms with Gasteiger partial charge < -0.3 is 10.2 Å². The lowest BCUT2D eigenvalue weighted by atomic mass is 10.0. The maximum Gasteiger partial charge on any atom is 0.0104 e. The van der Waals surface area contributed by atoms with Crippen molar-refractivity contribution in [3.63, 3.8) is 0 Å². The summed E-state index contributed by atoms with van der Waals surface area (Å²) in [6.07, 6.45) is 6.27. The molecule has 0 saturated heterocycles. The van der Waals surface area contributed by atoms with E-state index >= 15 is 0 Å². The fourth-order valence-electron chi connectivity index (χ4n) is 2.11. The molecule has 1 N–H and O–H groups in total. The Bertz CT molecular complexity index is 206. The minimum atomic E-state index is 0.665. The summed E-state index contributed by atoms with van der Waals surface area (Å²) in [5.74, 6) is 2.00. The van der Waals surface area contributed by atoms with Crippen LogP contribution in [-0.2, 0) is 0 Å². The molecule has 0 bridgehead atoms. The first-order valence-corrected chi connectivity index (χ1v) is 8.39. The lowest BCUT2D eigenvalue weighted by Gasteiger charge is -2.34. The lowest BCUT2D eigenvalue weighted by molar-refractivity contribution is 0.147. The van der Waals surface area contributed by atoms with Gasteiger partial charge in [-0.1, -0.05) is 6.92 Å². The van der Waals surface area contributed by atoms with E-state index in [2.05, 4.69) is 44.3 Å².